The van der Waals surface area contributed by atoms with Crippen molar-refractivity contribution in [3.05, 3.63) is 59.4 Å². The molecular formula is C20H21N5O3. The van der Waals surface area contributed by atoms with E-state index in [1.54, 1.807) is 19.5 Å². The zero-order valence-electron chi connectivity index (χ0n) is 15.8. The molecule has 0 unspecified atom stereocenters. The van der Waals surface area contributed by atoms with Gasteiger partial charge in [-0.1, -0.05) is 12.1 Å². The van der Waals surface area contributed by atoms with Crippen LogP contribution in [-0.4, -0.2) is 51.2 Å². The Labute approximate surface area is 162 Å². The van der Waals surface area contributed by atoms with Gasteiger partial charge in [0.25, 0.3) is 11.8 Å². The second-order valence-electron chi connectivity index (χ2n) is 6.86. The number of hydrogen-bond donors (Lipinski definition) is 0. The van der Waals surface area contributed by atoms with Crippen molar-refractivity contribution < 1.29 is 13.9 Å². The number of aromatic nitrogens is 4. The first-order valence-electron chi connectivity index (χ1n) is 9.13. The SMILES string of the molecule is COCc1ccc(C(=O)N2CC[C@@H](c3nnc(-c4cnc(C)cn4)o3)C2)cc1. The van der Waals surface area contributed by atoms with E-state index in [4.69, 9.17) is 9.15 Å². The summed E-state index contributed by atoms with van der Waals surface area (Å²) in [6.45, 7) is 3.61. The maximum Gasteiger partial charge on any atom is 0.267 e. The number of likely N-dealkylation sites (tertiary alicyclic amines) is 1. The molecule has 0 bridgehead atoms. The summed E-state index contributed by atoms with van der Waals surface area (Å²) in [7, 11) is 1.65. The van der Waals surface area contributed by atoms with Crippen LogP contribution in [0.15, 0.2) is 41.1 Å². The highest BCUT2D eigenvalue weighted by molar-refractivity contribution is 5.94. The molecule has 1 amide bonds. The van der Waals surface area contributed by atoms with Crippen LogP contribution in [0, 0.1) is 6.92 Å². The number of amides is 1. The minimum absolute atomic E-state index is 0.00982. The number of nitrogens with zero attached hydrogens (tertiary/aromatic N) is 5. The number of carbonyl (C=O) groups excluding carboxylic acids is 1. The van der Waals surface area contributed by atoms with Crippen LogP contribution in [-0.2, 0) is 11.3 Å². The van der Waals surface area contributed by atoms with Gasteiger partial charge in [-0.3, -0.25) is 9.78 Å². The van der Waals surface area contributed by atoms with Gasteiger partial charge in [0.2, 0.25) is 5.89 Å². The van der Waals surface area contributed by atoms with Crippen molar-refractivity contribution in [3.63, 3.8) is 0 Å². The number of carbonyl (C=O) groups is 1. The highest BCUT2D eigenvalue weighted by Gasteiger charge is 2.31. The van der Waals surface area contributed by atoms with E-state index in [2.05, 4.69) is 20.2 Å². The molecule has 0 spiro atoms. The number of aryl methyl sites for hydroxylation is 1. The van der Waals surface area contributed by atoms with Gasteiger partial charge in [0, 0.05) is 32.0 Å². The molecule has 1 fully saturated rings. The molecule has 4 rings (SSSR count). The summed E-state index contributed by atoms with van der Waals surface area (Å²) in [4.78, 5) is 23.0. The standard InChI is InChI=1S/C20H21N5O3/c1-13-9-22-17(10-21-13)19-24-23-18(28-19)16-7-8-25(11-16)20(26)15-5-3-14(4-6-15)12-27-2/h3-6,9-10,16H,7-8,11-12H2,1-2H3/t16-/m1/s1. The maximum absolute atomic E-state index is 12.8. The summed E-state index contributed by atoms with van der Waals surface area (Å²) in [5, 5.41) is 8.24. The van der Waals surface area contributed by atoms with E-state index in [1.807, 2.05) is 36.1 Å². The number of benzene rings is 1. The molecule has 3 aromatic rings. The summed E-state index contributed by atoms with van der Waals surface area (Å²) < 4.78 is 10.9. The van der Waals surface area contributed by atoms with Gasteiger partial charge in [-0.05, 0) is 31.0 Å². The fourth-order valence-corrected chi connectivity index (χ4v) is 3.25. The third-order valence-corrected chi connectivity index (χ3v) is 4.78. The molecule has 28 heavy (non-hydrogen) atoms. The van der Waals surface area contributed by atoms with Crippen LogP contribution < -0.4 is 0 Å². The largest absolute Gasteiger partial charge is 0.419 e. The van der Waals surface area contributed by atoms with Crippen molar-refractivity contribution in [3.8, 4) is 11.6 Å². The van der Waals surface area contributed by atoms with Crippen LogP contribution in [0.25, 0.3) is 11.6 Å². The lowest BCUT2D eigenvalue weighted by Gasteiger charge is -2.16. The Kier molecular flexibility index (Phi) is 5.12. The average Bonchev–Trinajstić information content (AvgIpc) is 3.39. The van der Waals surface area contributed by atoms with Gasteiger partial charge >= 0.3 is 0 Å². The summed E-state index contributed by atoms with van der Waals surface area (Å²) in [6, 6.07) is 7.50. The second kappa shape index (κ2) is 7.85. The monoisotopic (exact) mass is 379 g/mol. The third-order valence-electron chi connectivity index (χ3n) is 4.78. The lowest BCUT2D eigenvalue weighted by Crippen LogP contribution is -2.28. The lowest BCUT2D eigenvalue weighted by atomic mass is 10.1. The van der Waals surface area contributed by atoms with Crippen molar-refractivity contribution >= 4 is 5.91 Å². The molecule has 8 heteroatoms. The average molecular weight is 379 g/mol. The molecule has 0 saturated carbocycles. The first-order valence-corrected chi connectivity index (χ1v) is 9.13. The van der Waals surface area contributed by atoms with Crippen molar-refractivity contribution in [2.75, 3.05) is 20.2 Å². The highest BCUT2D eigenvalue weighted by Crippen LogP contribution is 2.29. The molecule has 1 aromatic carbocycles. The third kappa shape index (κ3) is 3.77. The smallest absolute Gasteiger partial charge is 0.267 e. The lowest BCUT2D eigenvalue weighted by molar-refractivity contribution is 0.0790. The summed E-state index contributed by atoms with van der Waals surface area (Å²) in [5.41, 5.74) is 3.08. The Balaban J connectivity index is 1.42. The van der Waals surface area contributed by atoms with Crippen LogP contribution in [0.4, 0.5) is 0 Å². The van der Waals surface area contributed by atoms with Gasteiger partial charge in [-0.2, -0.15) is 0 Å². The van der Waals surface area contributed by atoms with Gasteiger partial charge in [-0.25, -0.2) is 4.98 Å². The van der Waals surface area contributed by atoms with Gasteiger partial charge in [0.1, 0.15) is 5.69 Å². The van der Waals surface area contributed by atoms with Crippen molar-refractivity contribution in [2.45, 2.75) is 25.9 Å². The molecule has 3 heterocycles. The molecule has 1 aliphatic heterocycles. The molecule has 1 saturated heterocycles. The summed E-state index contributed by atoms with van der Waals surface area (Å²) in [6.07, 6.45) is 4.06. The van der Waals surface area contributed by atoms with E-state index < -0.39 is 0 Å². The number of rotatable bonds is 5. The molecule has 2 aromatic heterocycles. The molecule has 0 aliphatic carbocycles. The van der Waals surface area contributed by atoms with Crippen LogP contribution in [0.2, 0.25) is 0 Å². The van der Waals surface area contributed by atoms with Gasteiger partial charge < -0.3 is 14.1 Å². The number of hydrogen-bond acceptors (Lipinski definition) is 7. The summed E-state index contributed by atoms with van der Waals surface area (Å²) >= 11 is 0. The van der Waals surface area contributed by atoms with E-state index in [0.29, 0.717) is 42.7 Å². The van der Waals surface area contributed by atoms with Crippen molar-refractivity contribution in [2.24, 2.45) is 0 Å². The molecule has 0 radical (unpaired) electrons. The number of ether oxygens (including phenoxy) is 1. The molecule has 8 nitrogen and oxygen atoms in total. The Morgan fingerprint density at radius 2 is 2.04 bits per heavy atom. The first-order chi connectivity index (χ1) is 13.6. The Morgan fingerprint density at radius 1 is 1.21 bits per heavy atom. The Hall–Kier alpha value is -3.13. The van der Waals surface area contributed by atoms with Gasteiger partial charge in [-0.15, -0.1) is 10.2 Å². The van der Waals surface area contributed by atoms with E-state index in [-0.39, 0.29) is 11.8 Å². The van der Waals surface area contributed by atoms with Gasteiger partial charge in [0.15, 0.2) is 0 Å². The molecule has 0 N–H and O–H groups in total. The van der Waals surface area contributed by atoms with Gasteiger partial charge in [0.05, 0.1) is 24.4 Å². The normalized spacial score (nSPS) is 16.5. The fraction of sp³-hybridized carbons (Fsp3) is 0.350. The fourth-order valence-electron chi connectivity index (χ4n) is 3.25. The molecule has 144 valence electrons. The molecule has 1 atom stereocenters. The topological polar surface area (TPSA) is 94.2 Å². The van der Waals surface area contributed by atoms with Crippen LogP contribution >= 0.6 is 0 Å². The van der Waals surface area contributed by atoms with Crippen LogP contribution in [0.1, 0.15) is 39.8 Å². The predicted octanol–water partition coefficient (Wildman–Crippen LogP) is 2.61. The van der Waals surface area contributed by atoms with E-state index in [1.165, 1.54) is 0 Å². The Bertz CT molecular complexity index is 953. The minimum atomic E-state index is 0.00982. The minimum Gasteiger partial charge on any atom is -0.419 e. The van der Waals surface area contributed by atoms with Crippen LogP contribution in [0.5, 0.6) is 0 Å². The van der Waals surface area contributed by atoms with Crippen molar-refractivity contribution in [1.29, 1.82) is 0 Å². The Morgan fingerprint density at radius 3 is 2.75 bits per heavy atom. The predicted molar refractivity (Wildman–Crippen MR) is 100 cm³/mol. The zero-order chi connectivity index (χ0) is 19.5. The number of methoxy groups -OCH3 is 1. The van der Waals surface area contributed by atoms with E-state index in [0.717, 1.165) is 17.7 Å². The molecular weight excluding hydrogens is 358 g/mol. The molecule has 1 aliphatic rings. The quantitative estimate of drug-likeness (QED) is 0.672. The zero-order valence-corrected chi connectivity index (χ0v) is 15.8. The first kappa shape index (κ1) is 18.2. The van der Waals surface area contributed by atoms with E-state index >= 15 is 0 Å². The van der Waals surface area contributed by atoms with E-state index in [9.17, 15) is 4.79 Å². The summed E-state index contributed by atoms with van der Waals surface area (Å²) in [5.74, 6) is 0.913. The van der Waals surface area contributed by atoms with Crippen molar-refractivity contribution in [1.82, 2.24) is 25.1 Å². The van der Waals surface area contributed by atoms with Crippen LogP contribution in [0.3, 0.4) is 0 Å². The maximum atomic E-state index is 12.8. The second-order valence-corrected chi connectivity index (χ2v) is 6.86. The highest BCUT2D eigenvalue weighted by atomic mass is 16.5.